The fraction of sp³-hybridized carbons (Fsp3) is 0.462. The highest BCUT2D eigenvalue weighted by atomic mass is 127. The molecule has 0 N–H and O–H groups in total. The number of thiol groups is 1. The Hall–Kier alpha value is -0.230. The zero-order chi connectivity index (χ0) is 12.4. The second-order valence-electron chi connectivity index (χ2n) is 4.38. The molecule has 0 aromatic heterocycles. The van der Waals surface area contributed by atoms with Crippen LogP contribution in [0.1, 0.15) is 18.9 Å². The first kappa shape index (κ1) is 13.2. The van der Waals surface area contributed by atoms with Crippen LogP contribution in [0.25, 0.3) is 0 Å². The summed E-state index contributed by atoms with van der Waals surface area (Å²) in [6.45, 7) is 2.95. The molecule has 17 heavy (non-hydrogen) atoms. The first-order chi connectivity index (χ1) is 8.15. The van der Waals surface area contributed by atoms with E-state index in [0.717, 1.165) is 24.4 Å². The summed E-state index contributed by atoms with van der Waals surface area (Å²) >= 11 is 6.60. The molecule has 1 aromatic rings. The molecule has 1 fully saturated rings. The van der Waals surface area contributed by atoms with E-state index in [9.17, 15) is 4.79 Å². The molecule has 1 amide bonds. The van der Waals surface area contributed by atoms with Gasteiger partial charge in [0.25, 0.3) is 0 Å². The molecule has 1 unspecified atom stereocenters. The Bertz CT molecular complexity index is 435. The van der Waals surface area contributed by atoms with Crippen LogP contribution in [-0.4, -0.2) is 18.2 Å². The first-order valence-corrected chi connectivity index (χ1v) is 7.56. The summed E-state index contributed by atoms with van der Waals surface area (Å²) in [6.07, 6.45) is 1.60. The minimum Gasteiger partial charge on any atom is -0.312 e. The molecule has 2 nitrogen and oxygen atoms in total. The Morgan fingerprint density at radius 2 is 2.29 bits per heavy atom. The monoisotopic (exact) mass is 361 g/mol. The number of amides is 1. The Morgan fingerprint density at radius 1 is 1.53 bits per heavy atom. The highest BCUT2D eigenvalue weighted by Gasteiger charge is 2.30. The number of aryl methyl sites for hydroxylation is 1. The van der Waals surface area contributed by atoms with Crippen LogP contribution in [-0.2, 0) is 11.2 Å². The minimum absolute atomic E-state index is 0.236. The van der Waals surface area contributed by atoms with E-state index in [0.29, 0.717) is 12.3 Å². The summed E-state index contributed by atoms with van der Waals surface area (Å²) in [7, 11) is 0. The van der Waals surface area contributed by atoms with E-state index in [-0.39, 0.29) is 5.91 Å². The lowest BCUT2D eigenvalue weighted by molar-refractivity contribution is -0.117. The maximum atomic E-state index is 12.0. The predicted octanol–water partition coefficient (Wildman–Crippen LogP) is 3.14. The standard InChI is InChI=1S/C13H16INOS/c1-2-10-6-11(14)3-4-12(10)15-7-9(8-17)5-13(15)16/h3-4,6,9,17H,2,5,7-8H2,1H3. The van der Waals surface area contributed by atoms with Crippen molar-refractivity contribution in [1.82, 2.24) is 0 Å². The zero-order valence-electron chi connectivity index (χ0n) is 9.82. The molecule has 0 saturated carbocycles. The lowest BCUT2D eigenvalue weighted by Gasteiger charge is -2.20. The van der Waals surface area contributed by atoms with Crippen molar-refractivity contribution in [3.63, 3.8) is 0 Å². The van der Waals surface area contributed by atoms with E-state index in [1.807, 2.05) is 4.90 Å². The number of hydrogen-bond acceptors (Lipinski definition) is 2. The van der Waals surface area contributed by atoms with Gasteiger partial charge in [-0.05, 0) is 64.4 Å². The SMILES string of the molecule is CCc1cc(I)ccc1N1CC(CS)CC1=O. The van der Waals surface area contributed by atoms with Gasteiger partial charge in [0.15, 0.2) is 0 Å². The van der Waals surface area contributed by atoms with Crippen molar-refractivity contribution in [3.05, 3.63) is 27.3 Å². The normalized spacial score (nSPS) is 20.1. The van der Waals surface area contributed by atoms with Crippen LogP contribution in [0.3, 0.4) is 0 Å². The van der Waals surface area contributed by atoms with Crippen molar-refractivity contribution < 1.29 is 4.79 Å². The van der Waals surface area contributed by atoms with Crippen molar-refractivity contribution >= 4 is 46.8 Å². The summed E-state index contributed by atoms with van der Waals surface area (Å²) < 4.78 is 1.22. The molecule has 0 aliphatic carbocycles. The van der Waals surface area contributed by atoms with E-state index >= 15 is 0 Å². The number of anilines is 1. The van der Waals surface area contributed by atoms with Gasteiger partial charge >= 0.3 is 0 Å². The smallest absolute Gasteiger partial charge is 0.227 e. The second-order valence-corrected chi connectivity index (χ2v) is 5.99. The number of rotatable bonds is 3. The molecule has 92 valence electrons. The molecule has 1 aliphatic rings. The quantitative estimate of drug-likeness (QED) is 0.648. The topological polar surface area (TPSA) is 20.3 Å². The number of carbonyl (C=O) groups is 1. The maximum Gasteiger partial charge on any atom is 0.227 e. The molecular weight excluding hydrogens is 345 g/mol. The molecule has 0 radical (unpaired) electrons. The van der Waals surface area contributed by atoms with Gasteiger partial charge in [0.2, 0.25) is 5.91 Å². The van der Waals surface area contributed by atoms with E-state index in [1.165, 1.54) is 9.13 Å². The van der Waals surface area contributed by atoms with Gasteiger partial charge in [-0.2, -0.15) is 12.6 Å². The first-order valence-electron chi connectivity index (χ1n) is 5.85. The van der Waals surface area contributed by atoms with Gasteiger partial charge in [-0.25, -0.2) is 0 Å². The molecule has 0 spiro atoms. The Balaban J connectivity index is 2.31. The predicted molar refractivity (Wildman–Crippen MR) is 82.9 cm³/mol. The van der Waals surface area contributed by atoms with Crippen molar-refractivity contribution in [1.29, 1.82) is 0 Å². The Kier molecular flexibility index (Phi) is 4.36. The van der Waals surface area contributed by atoms with E-state index in [1.54, 1.807) is 0 Å². The van der Waals surface area contributed by atoms with Gasteiger partial charge in [0.1, 0.15) is 0 Å². The summed E-state index contributed by atoms with van der Waals surface area (Å²) in [5.41, 5.74) is 2.34. The molecule has 1 aliphatic heterocycles. The van der Waals surface area contributed by atoms with Gasteiger partial charge in [0, 0.05) is 22.2 Å². The van der Waals surface area contributed by atoms with Crippen LogP contribution in [0.4, 0.5) is 5.69 Å². The number of halogens is 1. The van der Waals surface area contributed by atoms with Crippen LogP contribution in [0, 0.1) is 9.49 Å². The molecule has 1 atom stereocenters. The number of nitrogens with zero attached hydrogens (tertiary/aromatic N) is 1. The lowest BCUT2D eigenvalue weighted by Crippen LogP contribution is -2.25. The van der Waals surface area contributed by atoms with Crippen molar-refractivity contribution in [2.75, 3.05) is 17.2 Å². The summed E-state index contributed by atoms with van der Waals surface area (Å²) in [4.78, 5) is 13.9. The fourth-order valence-electron chi connectivity index (χ4n) is 2.24. The van der Waals surface area contributed by atoms with Crippen molar-refractivity contribution in [2.24, 2.45) is 5.92 Å². The van der Waals surface area contributed by atoms with Gasteiger partial charge in [-0.1, -0.05) is 6.92 Å². The molecule has 2 rings (SSSR count). The number of benzene rings is 1. The largest absolute Gasteiger partial charge is 0.312 e. The molecule has 1 aromatic carbocycles. The number of hydrogen-bond donors (Lipinski definition) is 1. The molecule has 4 heteroatoms. The zero-order valence-corrected chi connectivity index (χ0v) is 12.9. The van der Waals surface area contributed by atoms with Gasteiger partial charge in [0.05, 0.1) is 0 Å². The van der Waals surface area contributed by atoms with E-state index in [4.69, 9.17) is 0 Å². The minimum atomic E-state index is 0.236. The summed E-state index contributed by atoms with van der Waals surface area (Å²) in [5.74, 6) is 1.42. The van der Waals surface area contributed by atoms with Crippen molar-refractivity contribution in [3.8, 4) is 0 Å². The Morgan fingerprint density at radius 3 is 2.88 bits per heavy atom. The van der Waals surface area contributed by atoms with Crippen LogP contribution in [0.15, 0.2) is 18.2 Å². The van der Waals surface area contributed by atoms with Gasteiger partial charge in [-0.15, -0.1) is 0 Å². The highest BCUT2D eigenvalue weighted by Crippen LogP contribution is 2.29. The van der Waals surface area contributed by atoms with Crippen molar-refractivity contribution in [2.45, 2.75) is 19.8 Å². The van der Waals surface area contributed by atoms with Gasteiger partial charge in [-0.3, -0.25) is 4.79 Å². The van der Waals surface area contributed by atoms with Crippen LogP contribution < -0.4 is 4.90 Å². The summed E-state index contributed by atoms with van der Waals surface area (Å²) in [5, 5.41) is 0. The van der Waals surface area contributed by atoms with E-state index < -0.39 is 0 Å². The maximum absolute atomic E-state index is 12.0. The lowest BCUT2D eigenvalue weighted by atomic mass is 10.1. The van der Waals surface area contributed by atoms with Crippen LogP contribution in [0.2, 0.25) is 0 Å². The molecular formula is C13H16INOS. The third-order valence-electron chi connectivity index (χ3n) is 3.18. The highest BCUT2D eigenvalue weighted by molar-refractivity contribution is 14.1. The van der Waals surface area contributed by atoms with Gasteiger partial charge < -0.3 is 4.90 Å². The second kappa shape index (κ2) is 5.61. The fourth-order valence-corrected chi connectivity index (χ4v) is 3.04. The van der Waals surface area contributed by atoms with Crippen LogP contribution in [0.5, 0.6) is 0 Å². The third-order valence-corrected chi connectivity index (χ3v) is 4.36. The molecule has 1 saturated heterocycles. The van der Waals surface area contributed by atoms with E-state index in [2.05, 4.69) is 60.3 Å². The average molecular weight is 361 g/mol. The Labute approximate surface area is 121 Å². The third kappa shape index (κ3) is 2.78. The molecule has 1 heterocycles. The molecule has 0 bridgehead atoms. The summed E-state index contributed by atoms with van der Waals surface area (Å²) in [6, 6.07) is 6.30. The average Bonchev–Trinajstić information content (AvgIpc) is 2.70. The van der Waals surface area contributed by atoms with Crippen LogP contribution >= 0.6 is 35.2 Å². The number of carbonyl (C=O) groups excluding carboxylic acids is 1.